The monoisotopic (exact) mass is 661 g/mol. The second-order valence-electron chi connectivity index (χ2n) is 14.6. The molecular formula is C38H49F2N5O3. The first-order valence-electron chi connectivity index (χ1n) is 17.6. The number of nitriles is 1. The van der Waals surface area contributed by atoms with Crippen LogP contribution in [-0.2, 0) is 26.3 Å². The van der Waals surface area contributed by atoms with Crippen LogP contribution in [0.2, 0.25) is 0 Å². The number of nitrogens with one attached hydrogen (secondary N) is 1. The summed E-state index contributed by atoms with van der Waals surface area (Å²) in [5.74, 6) is 0.398. The number of piperidine rings is 1. The van der Waals surface area contributed by atoms with Crippen molar-refractivity contribution in [2.75, 3.05) is 64.4 Å². The number of methoxy groups -OCH3 is 1. The fourth-order valence-electron chi connectivity index (χ4n) is 9.22. The number of benzene rings is 2. The molecule has 0 bridgehead atoms. The van der Waals surface area contributed by atoms with E-state index in [2.05, 4.69) is 27.3 Å². The molecule has 2 aromatic rings. The van der Waals surface area contributed by atoms with Gasteiger partial charge in [-0.25, -0.2) is 8.78 Å². The van der Waals surface area contributed by atoms with E-state index in [1.165, 1.54) is 20.1 Å². The van der Waals surface area contributed by atoms with Crippen LogP contribution in [0.3, 0.4) is 0 Å². The normalized spacial score (nSPS) is 23.9. The minimum absolute atomic E-state index is 0.103. The highest BCUT2D eigenvalue weighted by Crippen LogP contribution is 2.53. The number of carbonyl (C=O) groups is 2. The Labute approximate surface area is 283 Å². The number of halogens is 2. The van der Waals surface area contributed by atoms with Crippen molar-refractivity contribution in [1.82, 2.24) is 15.1 Å². The second kappa shape index (κ2) is 14.9. The minimum atomic E-state index is -0.763. The number of esters is 1. The first-order valence-corrected chi connectivity index (χ1v) is 17.6. The van der Waals surface area contributed by atoms with Crippen molar-refractivity contribution in [3.05, 3.63) is 65.0 Å². The Morgan fingerprint density at radius 1 is 1.04 bits per heavy atom. The minimum Gasteiger partial charge on any atom is -0.469 e. The number of nitrogens with zero attached hydrogens (tertiary/aromatic N) is 4. The van der Waals surface area contributed by atoms with Gasteiger partial charge in [0.25, 0.3) is 0 Å². The summed E-state index contributed by atoms with van der Waals surface area (Å²) in [6.45, 7) is 8.20. The Morgan fingerprint density at radius 2 is 1.81 bits per heavy atom. The molecule has 8 nitrogen and oxygen atoms in total. The molecule has 0 aromatic heterocycles. The third-order valence-corrected chi connectivity index (χ3v) is 11.6. The molecule has 6 rings (SSSR count). The molecule has 3 heterocycles. The Kier molecular flexibility index (Phi) is 10.7. The number of hydrogen-bond acceptors (Lipinski definition) is 7. The van der Waals surface area contributed by atoms with Crippen LogP contribution in [0, 0.1) is 40.8 Å². The smallest absolute Gasteiger partial charge is 0.305 e. The lowest BCUT2D eigenvalue weighted by atomic mass is 9.57. The predicted octanol–water partition coefficient (Wildman–Crippen LogP) is 5.05. The van der Waals surface area contributed by atoms with Crippen molar-refractivity contribution in [3.63, 3.8) is 0 Å². The SMILES string of the molecule is COC(=O)C[C@H]1CCC[C@@H]1[C@](CNC(C)=O)(c1cccc(F)c1)C1CCN(CC2CN(c3ccc(C#N)c(CN4CC(F)C4)c3)C2)CC1. The van der Waals surface area contributed by atoms with Crippen LogP contribution in [0.15, 0.2) is 42.5 Å². The molecule has 10 heteroatoms. The standard InChI is InChI=1S/C38H49F2N5O3/c1-26(46)42-25-38(32-6-4-7-33(39)17-32,36-8-3-5-28(36)16-37(47)48-2)31-11-13-43(14-12-31)19-27-20-45(21-27)35-10-9-29(18-41)30(15-35)22-44-23-34(40)24-44/h4,6-7,9-10,15,17,27-28,31,34,36H,3,5,8,11-14,16,19-25H2,1-2H3,(H,42,46)/t28-,36+,38+/m1/s1. The van der Waals surface area contributed by atoms with Gasteiger partial charge in [-0.05, 0) is 98.0 Å². The zero-order chi connectivity index (χ0) is 33.8. The number of anilines is 1. The van der Waals surface area contributed by atoms with Gasteiger partial charge in [0.05, 0.1) is 18.7 Å². The lowest BCUT2D eigenvalue weighted by Gasteiger charge is -2.51. The molecule has 0 radical (unpaired) electrons. The zero-order valence-corrected chi connectivity index (χ0v) is 28.3. The predicted molar refractivity (Wildman–Crippen MR) is 180 cm³/mol. The molecule has 48 heavy (non-hydrogen) atoms. The largest absolute Gasteiger partial charge is 0.469 e. The first kappa shape index (κ1) is 34.3. The van der Waals surface area contributed by atoms with Crippen LogP contribution in [0.1, 0.15) is 62.1 Å². The van der Waals surface area contributed by atoms with Crippen molar-refractivity contribution < 1.29 is 23.1 Å². The zero-order valence-electron chi connectivity index (χ0n) is 28.3. The maximum absolute atomic E-state index is 14.9. The van der Waals surface area contributed by atoms with Gasteiger partial charge in [0, 0.05) is 76.2 Å². The maximum Gasteiger partial charge on any atom is 0.305 e. The van der Waals surface area contributed by atoms with E-state index in [-0.39, 0.29) is 35.4 Å². The van der Waals surface area contributed by atoms with Gasteiger partial charge in [-0.3, -0.25) is 14.5 Å². The molecule has 4 fully saturated rings. The third-order valence-electron chi connectivity index (χ3n) is 11.6. The van der Waals surface area contributed by atoms with Crippen molar-refractivity contribution >= 4 is 17.6 Å². The van der Waals surface area contributed by atoms with Gasteiger partial charge in [-0.2, -0.15) is 5.26 Å². The van der Waals surface area contributed by atoms with Crippen LogP contribution in [-0.4, -0.2) is 87.3 Å². The van der Waals surface area contributed by atoms with Crippen molar-refractivity contribution in [2.24, 2.45) is 23.7 Å². The molecule has 0 spiro atoms. The van der Waals surface area contributed by atoms with Crippen molar-refractivity contribution in [1.29, 1.82) is 5.26 Å². The van der Waals surface area contributed by atoms with E-state index in [1.807, 2.05) is 23.1 Å². The summed E-state index contributed by atoms with van der Waals surface area (Å²) >= 11 is 0. The van der Waals surface area contributed by atoms with Gasteiger partial charge in [-0.15, -0.1) is 0 Å². The molecule has 1 aliphatic carbocycles. The summed E-state index contributed by atoms with van der Waals surface area (Å²) in [4.78, 5) is 31.8. The van der Waals surface area contributed by atoms with E-state index in [0.717, 1.165) is 81.6 Å². The summed E-state index contributed by atoms with van der Waals surface area (Å²) in [6, 6.07) is 15.2. The van der Waals surface area contributed by atoms with Crippen molar-refractivity contribution in [2.45, 2.75) is 63.6 Å². The molecule has 2 aromatic carbocycles. The van der Waals surface area contributed by atoms with Gasteiger partial charge in [0.15, 0.2) is 0 Å². The van der Waals surface area contributed by atoms with Gasteiger partial charge in [0.1, 0.15) is 12.0 Å². The highest BCUT2D eigenvalue weighted by molar-refractivity contribution is 5.73. The summed E-state index contributed by atoms with van der Waals surface area (Å²) < 4.78 is 33.3. The molecule has 258 valence electrons. The summed E-state index contributed by atoms with van der Waals surface area (Å²) in [7, 11) is 1.43. The Hall–Kier alpha value is -3.55. The first-order chi connectivity index (χ1) is 23.2. The van der Waals surface area contributed by atoms with E-state index in [4.69, 9.17) is 4.74 Å². The summed E-state index contributed by atoms with van der Waals surface area (Å²) in [5, 5.41) is 12.7. The maximum atomic E-state index is 14.9. The topological polar surface area (TPSA) is 88.9 Å². The van der Waals surface area contributed by atoms with E-state index in [9.17, 15) is 23.6 Å². The molecular weight excluding hydrogens is 612 g/mol. The van der Waals surface area contributed by atoms with Crippen LogP contribution in [0.5, 0.6) is 0 Å². The number of hydrogen-bond donors (Lipinski definition) is 1. The molecule has 1 amide bonds. The van der Waals surface area contributed by atoms with Crippen LogP contribution in [0.4, 0.5) is 14.5 Å². The Bertz CT molecular complexity index is 1500. The lowest BCUT2D eigenvalue weighted by Crippen LogP contribution is -2.56. The molecule has 1 saturated carbocycles. The number of alkyl halides is 1. The van der Waals surface area contributed by atoms with E-state index in [1.54, 1.807) is 12.1 Å². The molecule has 1 N–H and O–H groups in total. The summed E-state index contributed by atoms with van der Waals surface area (Å²) in [6.07, 6.45) is 4.30. The molecule has 3 saturated heterocycles. The average molecular weight is 662 g/mol. The molecule has 4 aliphatic rings. The average Bonchev–Trinajstić information content (AvgIpc) is 3.51. The van der Waals surface area contributed by atoms with Gasteiger partial charge in [-0.1, -0.05) is 18.6 Å². The number of amides is 1. The highest BCUT2D eigenvalue weighted by Gasteiger charge is 2.52. The molecule has 3 aliphatic heterocycles. The number of ether oxygens (including phenoxy) is 1. The number of likely N-dealkylation sites (tertiary alicyclic amines) is 2. The lowest BCUT2D eigenvalue weighted by molar-refractivity contribution is -0.142. The van der Waals surface area contributed by atoms with E-state index < -0.39 is 11.6 Å². The fourth-order valence-corrected chi connectivity index (χ4v) is 9.22. The highest BCUT2D eigenvalue weighted by atomic mass is 19.1. The third kappa shape index (κ3) is 7.37. The second-order valence-corrected chi connectivity index (χ2v) is 14.6. The Morgan fingerprint density at radius 3 is 2.48 bits per heavy atom. The van der Waals surface area contributed by atoms with E-state index >= 15 is 0 Å². The van der Waals surface area contributed by atoms with Crippen molar-refractivity contribution in [3.8, 4) is 6.07 Å². The van der Waals surface area contributed by atoms with Crippen LogP contribution in [0.25, 0.3) is 0 Å². The quantitative estimate of drug-likeness (QED) is 0.319. The van der Waals surface area contributed by atoms with Gasteiger partial charge >= 0.3 is 5.97 Å². The van der Waals surface area contributed by atoms with Gasteiger partial charge < -0.3 is 19.9 Å². The number of carbonyl (C=O) groups excluding carboxylic acids is 2. The van der Waals surface area contributed by atoms with Crippen LogP contribution >= 0.6 is 0 Å². The number of rotatable bonds is 12. The summed E-state index contributed by atoms with van der Waals surface area (Å²) in [5.41, 5.74) is 3.17. The van der Waals surface area contributed by atoms with E-state index in [0.29, 0.717) is 44.1 Å². The fraction of sp³-hybridized carbons (Fsp3) is 0.605. The van der Waals surface area contributed by atoms with Crippen LogP contribution < -0.4 is 10.2 Å². The Balaban J connectivity index is 1.13. The molecule has 3 atom stereocenters. The molecule has 0 unspecified atom stereocenters. The van der Waals surface area contributed by atoms with Gasteiger partial charge in [0.2, 0.25) is 5.91 Å².